The van der Waals surface area contributed by atoms with E-state index in [0.717, 1.165) is 12.8 Å². The molecule has 0 atom stereocenters. The molecule has 0 amide bonds. The lowest BCUT2D eigenvalue weighted by Crippen LogP contribution is -2.28. The monoisotopic (exact) mass is 232 g/mol. The minimum atomic E-state index is -3.48. The van der Waals surface area contributed by atoms with Gasteiger partial charge in [0, 0.05) is 13.6 Å². The van der Waals surface area contributed by atoms with Crippen molar-refractivity contribution in [3.05, 3.63) is 6.20 Å². The summed E-state index contributed by atoms with van der Waals surface area (Å²) in [6, 6.07) is 0. The molecule has 1 rings (SSSR count). The third-order valence-electron chi connectivity index (χ3n) is 2.15. The molecule has 0 saturated carbocycles. The lowest BCUT2D eigenvalue weighted by Gasteiger charge is -2.15. The van der Waals surface area contributed by atoms with E-state index in [4.69, 9.17) is 5.73 Å². The van der Waals surface area contributed by atoms with Crippen molar-refractivity contribution in [2.75, 3.05) is 19.3 Å². The van der Waals surface area contributed by atoms with Gasteiger partial charge in [0.1, 0.15) is 10.7 Å². The third kappa shape index (κ3) is 2.48. The fraction of sp³-hybridized carbons (Fsp3) is 0.625. The van der Waals surface area contributed by atoms with E-state index in [2.05, 4.69) is 10.2 Å². The van der Waals surface area contributed by atoms with E-state index in [1.54, 1.807) is 0 Å². The molecule has 1 aromatic heterocycles. The Kier molecular flexibility index (Phi) is 3.70. The fourth-order valence-corrected chi connectivity index (χ4v) is 2.37. The molecule has 1 heterocycles. The smallest absolute Gasteiger partial charge is 0.248 e. The predicted octanol–water partition coefficient (Wildman–Crippen LogP) is 0.413. The molecule has 0 aliphatic rings. The minimum Gasteiger partial charge on any atom is -0.383 e. The van der Waals surface area contributed by atoms with Crippen LogP contribution in [0.1, 0.15) is 19.8 Å². The summed E-state index contributed by atoms with van der Waals surface area (Å²) in [5.74, 6) is 0.0818. The van der Waals surface area contributed by atoms with Gasteiger partial charge in [0.05, 0.1) is 6.20 Å². The lowest BCUT2D eigenvalue weighted by molar-refractivity contribution is 0.459. The van der Waals surface area contributed by atoms with Gasteiger partial charge in [-0.2, -0.15) is 5.10 Å². The van der Waals surface area contributed by atoms with E-state index < -0.39 is 10.0 Å². The van der Waals surface area contributed by atoms with Crippen LogP contribution in [0.2, 0.25) is 0 Å². The molecule has 0 saturated heterocycles. The van der Waals surface area contributed by atoms with Gasteiger partial charge < -0.3 is 5.73 Å². The Hall–Kier alpha value is -1.08. The number of nitrogens with two attached hydrogens (primary N) is 1. The normalized spacial score (nSPS) is 12.2. The van der Waals surface area contributed by atoms with Gasteiger partial charge in [-0.3, -0.25) is 5.10 Å². The molecular weight excluding hydrogens is 216 g/mol. The van der Waals surface area contributed by atoms with E-state index in [1.807, 2.05) is 6.92 Å². The number of hydrogen-bond donors (Lipinski definition) is 2. The topological polar surface area (TPSA) is 92.1 Å². The molecule has 0 spiro atoms. The summed E-state index contributed by atoms with van der Waals surface area (Å²) in [4.78, 5) is 0.0427. The average Bonchev–Trinajstić information content (AvgIpc) is 2.61. The van der Waals surface area contributed by atoms with Gasteiger partial charge in [0.15, 0.2) is 0 Å². The molecule has 3 N–H and O–H groups in total. The number of nitrogen functional groups attached to an aromatic ring is 1. The van der Waals surface area contributed by atoms with Gasteiger partial charge in [0.2, 0.25) is 10.0 Å². The van der Waals surface area contributed by atoms with Crippen LogP contribution in [0.4, 0.5) is 5.82 Å². The van der Waals surface area contributed by atoms with Crippen LogP contribution in [0.25, 0.3) is 0 Å². The summed E-state index contributed by atoms with van der Waals surface area (Å²) in [6.45, 7) is 2.50. The Morgan fingerprint density at radius 1 is 1.60 bits per heavy atom. The highest BCUT2D eigenvalue weighted by atomic mass is 32.2. The molecule has 0 aliphatic carbocycles. The molecule has 0 aliphatic heterocycles. The molecule has 0 unspecified atom stereocenters. The Labute approximate surface area is 89.5 Å². The summed E-state index contributed by atoms with van der Waals surface area (Å²) in [7, 11) is -1.94. The van der Waals surface area contributed by atoms with Crippen molar-refractivity contribution in [3.63, 3.8) is 0 Å². The Balaban J connectivity index is 2.88. The summed E-state index contributed by atoms with van der Waals surface area (Å²) in [5, 5.41) is 6.00. The number of rotatable bonds is 5. The van der Waals surface area contributed by atoms with Crippen molar-refractivity contribution in [1.29, 1.82) is 0 Å². The molecule has 0 bridgehead atoms. The van der Waals surface area contributed by atoms with E-state index in [1.165, 1.54) is 17.5 Å². The first-order valence-electron chi connectivity index (χ1n) is 4.75. The first kappa shape index (κ1) is 12.0. The maximum atomic E-state index is 11.9. The fourth-order valence-electron chi connectivity index (χ4n) is 1.16. The third-order valence-corrected chi connectivity index (χ3v) is 4.03. The van der Waals surface area contributed by atoms with E-state index >= 15 is 0 Å². The first-order chi connectivity index (χ1) is 7.00. The van der Waals surface area contributed by atoms with Crippen molar-refractivity contribution >= 4 is 15.8 Å². The SMILES string of the molecule is CCCCN(C)S(=O)(=O)c1cn[nH]c1N. The molecule has 86 valence electrons. The first-order valence-corrected chi connectivity index (χ1v) is 6.19. The van der Waals surface area contributed by atoms with Gasteiger partial charge in [-0.15, -0.1) is 0 Å². The largest absolute Gasteiger partial charge is 0.383 e. The number of H-pyrrole nitrogens is 1. The van der Waals surface area contributed by atoms with Crippen molar-refractivity contribution in [2.24, 2.45) is 0 Å². The number of nitrogens with zero attached hydrogens (tertiary/aromatic N) is 2. The number of nitrogens with one attached hydrogen (secondary N) is 1. The van der Waals surface area contributed by atoms with Gasteiger partial charge in [0.25, 0.3) is 0 Å². The van der Waals surface area contributed by atoms with Crippen LogP contribution in [-0.4, -0.2) is 36.5 Å². The molecule has 0 aromatic carbocycles. The molecule has 15 heavy (non-hydrogen) atoms. The highest BCUT2D eigenvalue weighted by Crippen LogP contribution is 2.18. The van der Waals surface area contributed by atoms with Gasteiger partial charge in [-0.1, -0.05) is 13.3 Å². The van der Waals surface area contributed by atoms with Crippen LogP contribution < -0.4 is 5.73 Å². The van der Waals surface area contributed by atoms with Crippen molar-refractivity contribution in [1.82, 2.24) is 14.5 Å². The average molecular weight is 232 g/mol. The summed E-state index contributed by atoms with van der Waals surface area (Å²) >= 11 is 0. The van der Waals surface area contributed by atoms with Crippen LogP contribution in [0.3, 0.4) is 0 Å². The van der Waals surface area contributed by atoms with Gasteiger partial charge >= 0.3 is 0 Å². The quantitative estimate of drug-likeness (QED) is 0.769. The minimum absolute atomic E-state index is 0.0427. The number of sulfonamides is 1. The lowest BCUT2D eigenvalue weighted by atomic mass is 10.3. The van der Waals surface area contributed by atoms with Gasteiger partial charge in [-0.05, 0) is 6.42 Å². The second-order valence-corrected chi connectivity index (χ2v) is 5.34. The predicted molar refractivity (Wildman–Crippen MR) is 57.7 cm³/mol. The molecule has 0 radical (unpaired) electrons. The molecular formula is C8H16N4O2S. The van der Waals surface area contributed by atoms with Gasteiger partial charge in [-0.25, -0.2) is 12.7 Å². The number of hydrogen-bond acceptors (Lipinski definition) is 4. The van der Waals surface area contributed by atoms with Crippen LogP contribution in [0, 0.1) is 0 Å². The van der Waals surface area contributed by atoms with E-state index in [9.17, 15) is 8.42 Å². The van der Waals surface area contributed by atoms with Crippen LogP contribution >= 0.6 is 0 Å². The van der Waals surface area contributed by atoms with E-state index in [-0.39, 0.29) is 10.7 Å². The standard InChI is InChI=1S/C8H16N4O2S/c1-3-4-5-12(2)15(13,14)7-6-10-11-8(7)9/h6H,3-5H2,1-2H3,(H3,9,10,11). The molecule has 7 heteroatoms. The second-order valence-electron chi connectivity index (χ2n) is 3.33. The maximum absolute atomic E-state index is 11.9. The zero-order valence-electron chi connectivity index (χ0n) is 8.90. The number of unbranched alkanes of at least 4 members (excludes halogenated alkanes) is 1. The van der Waals surface area contributed by atoms with Crippen LogP contribution in [-0.2, 0) is 10.0 Å². The number of aromatic amines is 1. The second kappa shape index (κ2) is 4.63. The number of anilines is 1. The highest BCUT2D eigenvalue weighted by molar-refractivity contribution is 7.89. The molecule has 0 fully saturated rings. The number of aromatic nitrogens is 2. The van der Waals surface area contributed by atoms with Crippen LogP contribution in [0.15, 0.2) is 11.1 Å². The van der Waals surface area contributed by atoms with Crippen molar-refractivity contribution in [2.45, 2.75) is 24.7 Å². The zero-order chi connectivity index (χ0) is 11.5. The highest BCUT2D eigenvalue weighted by Gasteiger charge is 2.24. The molecule has 1 aromatic rings. The Bertz CT molecular complexity index is 412. The molecule has 6 nitrogen and oxygen atoms in total. The summed E-state index contributed by atoms with van der Waals surface area (Å²) < 4.78 is 25.1. The maximum Gasteiger partial charge on any atom is 0.248 e. The van der Waals surface area contributed by atoms with Crippen molar-refractivity contribution < 1.29 is 8.42 Å². The summed E-state index contributed by atoms with van der Waals surface area (Å²) in [6.07, 6.45) is 3.00. The van der Waals surface area contributed by atoms with E-state index in [0.29, 0.717) is 6.54 Å². The van der Waals surface area contributed by atoms with Crippen LogP contribution in [0.5, 0.6) is 0 Å². The zero-order valence-corrected chi connectivity index (χ0v) is 9.71. The Morgan fingerprint density at radius 3 is 2.73 bits per heavy atom. The Morgan fingerprint density at radius 2 is 2.27 bits per heavy atom. The summed E-state index contributed by atoms with van der Waals surface area (Å²) in [5.41, 5.74) is 5.47. The van der Waals surface area contributed by atoms with Crippen molar-refractivity contribution in [3.8, 4) is 0 Å².